The molecule has 0 radical (unpaired) electrons. The molecule has 140 valence electrons. The molecule has 0 fully saturated rings. The fourth-order valence-corrected chi connectivity index (χ4v) is 2.77. The van der Waals surface area contributed by atoms with Crippen molar-refractivity contribution in [2.24, 2.45) is 0 Å². The Balaban J connectivity index is 1.61. The van der Waals surface area contributed by atoms with Gasteiger partial charge in [0, 0.05) is 12.4 Å². The highest BCUT2D eigenvalue weighted by atomic mass is 35.5. The molecule has 6 nitrogen and oxygen atoms in total. The molecule has 3 rings (SSSR count). The molecule has 0 aliphatic rings. The largest absolute Gasteiger partial charge is 0.490 e. The molecule has 1 heterocycles. The number of ether oxygens (including phenoxy) is 1. The van der Waals surface area contributed by atoms with Crippen LogP contribution >= 0.6 is 11.6 Å². The molecule has 0 spiro atoms. The predicted octanol–water partition coefficient (Wildman–Crippen LogP) is 4.50. The van der Waals surface area contributed by atoms with Crippen LogP contribution in [0.1, 0.15) is 6.92 Å². The fourth-order valence-electron chi connectivity index (χ4n) is 2.54. The highest BCUT2D eigenvalue weighted by Gasteiger charge is 2.16. The number of aromatic nitrogens is 2. The van der Waals surface area contributed by atoms with Gasteiger partial charge in [-0.05, 0) is 30.2 Å². The van der Waals surface area contributed by atoms with Crippen molar-refractivity contribution in [1.29, 1.82) is 0 Å². The molecule has 3 aromatic rings. The van der Waals surface area contributed by atoms with Crippen LogP contribution in [0.25, 0.3) is 11.1 Å². The molecule has 0 unspecified atom stereocenters. The monoisotopic (exact) mass is 385 g/mol. The van der Waals surface area contributed by atoms with Crippen LogP contribution in [-0.4, -0.2) is 40.4 Å². The van der Waals surface area contributed by atoms with Crippen LogP contribution in [0.4, 0.5) is 4.79 Å². The summed E-state index contributed by atoms with van der Waals surface area (Å²) < 4.78 is 7.09. The lowest BCUT2D eigenvalue weighted by molar-refractivity contribution is -0.116. The summed E-state index contributed by atoms with van der Waals surface area (Å²) in [6.07, 6.45) is 4.52. The first-order chi connectivity index (χ1) is 13.2. The van der Waals surface area contributed by atoms with Crippen LogP contribution in [-0.2, 0) is 4.84 Å². The van der Waals surface area contributed by atoms with E-state index in [0.29, 0.717) is 17.4 Å². The van der Waals surface area contributed by atoms with Crippen molar-refractivity contribution >= 4 is 17.6 Å². The summed E-state index contributed by atoms with van der Waals surface area (Å²) in [6, 6.07) is 15.3. The summed E-state index contributed by atoms with van der Waals surface area (Å²) in [6.45, 7) is 2.67. The molecule has 0 bridgehead atoms. The summed E-state index contributed by atoms with van der Waals surface area (Å²) >= 11 is 6.35. The molecule has 7 heteroatoms. The Morgan fingerprint density at radius 1 is 1.19 bits per heavy atom. The number of amides is 1. The zero-order valence-electron chi connectivity index (χ0n) is 14.9. The second-order valence-corrected chi connectivity index (χ2v) is 6.04. The first kappa shape index (κ1) is 18.9. The van der Waals surface area contributed by atoms with Crippen LogP contribution in [0.3, 0.4) is 0 Å². The van der Waals surface area contributed by atoms with Crippen LogP contribution in [0.2, 0.25) is 5.02 Å². The Labute approximate surface area is 162 Å². The Hall–Kier alpha value is -2.83. The summed E-state index contributed by atoms with van der Waals surface area (Å²) in [7, 11) is 0. The predicted molar refractivity (Wildman–Crippen MR) is 104 cm³/mol. The van der Waals surface area contributed by atoms with Crippen molar-refractivity contribution in [2.75, 3.05) is 19.8 Å². The van der Waals surface area contributed by atoms with Gasteiger partial charge in [0.1, 0.15) is 18.7 Å². The highest BCUT2D eigenvalue weighted by Crippen LogP contribution is 2.30. The number of nitrogens with zero attached hydrogens (tertiary/aromatic N) is 3. The molecule has 0 aliphatic carbocycles. The van der Waals surface area contributed by atoms with E-state index in [2.05, 4.69) is 4.98 Å². The van der Waals surface area contributed by atoms with Crippen LogP contribution < -0.4 is 4.74 Å². The SMILES string of the molecule is CCON(CCOc1ccc(-c2ccccc2)cc1Cl)C(=O)n1ccnc1. The van der Waals surface area contributed by atoms with E-state index in [0.717, 1.165) is 11.1 Å². The number of hydroxylamine groups is 2. The second kappa shape index (κ2) is 9.21. The smallest absolute Gasteiger partial charge is 0.353 e. The molecular formula is C20H20ClN3O3. The van der Waals surface area contributed by atoms with Crippen LogP contribution in [0.15, 0.2) is 67.3 Å². The third kappa shape index (κ3) is 4.87. The molecule has 1 amide bonds. The fraction of sp³-hybridized carbons (Fsp3) is 0.200. The minimum absolute atomic E-state index is 0.241. The van der Waals surface area contributed by atoms with Gasteiger partial charge in [-0.15, -0.1) is 0 Å². The van der Waals surface area contributed by atoms with Gasteiger partial charge in [-0.3, -0.25) is 9.40 Å². The maximum Gasteiger partial charge on any atom is 0.353 e. The molecule has 0 saturated heterocycles. The van der Waals surface area contributed by atoms with Gasteiger partial charge in [0.15, 0.2) is 0 Å². The van der Waals surface area contributed by atoms with Crippen LogP contribution in [0, 0.1) is 0 Å². The first-order valence-corrected chi connectivity index (χ1v) is 8.97. The number of hydrogen-bond acceptors (Lipinski definition) is 4. The summed E-state index contributed by atoms with van der Waals surface area (Å²) in [5.41, 5.74) is 2.10. The zero-order chi connectivity index (χ0) is 19.1. The number of benzene rings is 2. The van der Waals surface area contributed by atoms with E-state index in [9.17, 15) is 4.79 Å². The van der Waals surface area contributed by atoms with Gasteiger partial charge in [0.2, 0.25) is 0 Å². The second-order valence-electron chi connectivity index (χ2n) is 5.63. The van der Waals surface area contributed by atoms with E-state index < -0.39 is 0 Å². The third-order valence-electron chi connectivity index (χ3n) is 3.81. The molecule has 1 aromatic heterocycles. The van der Waals surface area contributed by atoms with Gasteiger partial charge in [-0.25, -0.2) is 9.78 Å². The minimum Gasteiger partial charge on any atom is -0.490 e. The molecule has 27 heavy (non-hydrogen) atoms. The third-order valence-corrected chi connectivity index (χ3v) is 4.11. The summed E-state index contributed by atoms with van der Waals surface area (Å²) in [4.78, 5) is 21.6. The first-order valence-electron chi connectivity index (χ1n) is 8.59. The van der Waals surface area contributed by atoms with Crippen molar-refractivity contribution in [1.82, 2.24) is 14.6 Å². The maximum atomic E-state index is 12.3. The van der Waals surface area contributed by atoms with Crippen molar-refractivity contribution in [3.8, 4) is 16.9 Å². The maximum absolute atomic E-state index is 12.3. The van der Waals surface area contributed by atoms with Crippen molar-refractivity contribution < 1.29 is 14.4 Å². The normalized spacial score (nSPS) is 10.6. The lowest BCUT2D eigenvalue weighted by atomic mass is 10.1. The Morgan fingerprint density at radius 2 is 2.00 bits per heavy atom. The van der Waals surface area contributed by atoms with E-state index >= 15 is 0 Å². The van der Waals surface area contributed by atoms with E-state index in [1.165, 1.54) is 22.2 Å². The number of halogens is 1. The van der Waals surface area contributed by atoms with E-state index in [-0.39, 0.29) is 19.2 Å². The lowest BCUT2D eigenvalue weighted by Crippen LogP contribution is -2.37. The quantitative estimate of drug-likeness (QED) is 0.562. The van der Waals surface area contributed by atoms with Gasteiger partial charge in [-0.2, -0.15) is 5.06 Å². The van der Waals surface area contributed by atoms with Gasteiger partial charge in [0.25, 0.3) is 0 Å². The van der Waals surface area contributed by atoms with E-state index in [1.54, 1.807) is 6.20 Å². The van der Waals surface area contributed by atoms with E-state index in [1.807, 2.05) is 55.5 Å². The number of imidazole rings is 1. The topological polar surface area (TPSA) is 56.6 Å². The number of carbonyl (C=O) groups is 1. The molecule has 2 aromatic carbocycles. The Bertz CT molecular complexity index is 869. The van der Waals surface area contributed by atoms with Crippen molar-refractivity contribution in [3.05, 3.63) is 72.3 Å². The molecule has 0 N–H and O–H groups in total. The average molecular weight is 386 g/mol. The van der Waals surface area contributed by atoms with Crippen LogP contribution in [0.5, 0.6) is 5.75 Å². The summed E-state index contributed by atoms with van der Waals surface area (Å²) in [5.74, 6) is 0.558. The Morgan fingerprint density at radius 3 is 2.67 bits per heavy atom. The summed E-state index contributed by atoms with van der Waals surface area (Å²) in [5, 5.41) is 1.76. The number of hydrogen-bond donors (Lipinski definition) is 0. The highest BCUT2D eigenvalue weighted by molar-refractivity contribution is 6.32. The number of rotatable bonds is 7. The standard InChI is InChI=1S/C20H20ClN3O3/c1-2-27-24(20(25)23-11-10-22-15-23)12-13-26-19-9-8-17(14-18(19)21)16-6-4-3-5-7-16/h3-11,14-15H,2,12-13H2,1H3. The number of carbonyl (C=O) groups excluding carboxylic acids is 1. The van der Waals surface area contributed by atoms with Gasteiger partial charge in [0.05, 0.1) is 18.2 Å². The van der Waals surface area contributed by atoms with Gasteiger partial charge in [-0.1, -0.05) is 48.0 Å². The molecule has 0 saturated carbocycles. The lowest BCUT2D eigenvalue weighted by Gasteiger charge is -2.21. The molecular weight excluding hydrogens is 366 g/mol. The Kier molecular flexibility index (Phi) is 6.46. The van der Waals surface area contributed by atoms with E-state index in [4.69, 9.17) is 21.2 Å². The van der Waals surface area contributed by atoms with Gasteiger partial charge >= 0.3 is 6.03 Å². The molecule has 0 aliphatic heterocycles. The van der Waals surface area contributed by atoms with Crippen molar-refractivity contribution in [3.63, 3.8) is 0 Å². The van der Waals surface area contributed by atoms with Crippen molar-refractivity contribution in [2.45, 2.75) is 6.92 Å². The minimum atomic E-state index is -0.330. The molecule has 0 atom stereocenters. The average Bonchev–Trinajstić information content (AvgIpc) is 3.23. The zero-order valence-corrected chi connectivity index (χ0v) is 15.7. The van der Waals surface area contributed by atoms with Gasteiger partial charge < -0.3 is 4.74 Å².